The van der Waals surface area contributed by atoms with E-state index in [1.54, 1.807) is 23.0 Å². The Kier molecular flexibility index (Phi) is 5.04. The summed E-state index contributed by atoms with van der Waals surface area (Å²) in [6.45, 7) is 3.33. The van der Waals surface area contributed by atoms with Crippen LogP contribution in [0, 0.1) is 5.82 Å². The fourth-order valence-corrected chi connectivity index (χ4v) is 3.85. The molecule has 0 radical (unpaired) electrons. The Morgan fingerprint density at radius 2 is 1.89 bits per heavy atom. The van der Waals surface area contributed by atoms with Crippen molar-refractivity contribution in [3.63, 3.8) is 0 Å². The van der Waals surface area contributed by atoms with Crippen LogP contribution >= 0.6 is 11.8 Å². The normalized spacial score (nSPS) is 15.4. The second-order valence-electron chi connectivity index (χ2n) is 6.42. The number of thioether (sulfide) groups is 1. The van der Waals surface area contributed by atoms with E-state index in [0.717, 1.165) is 42.3 Å². The highest BCUT2D eigenvalue weighted by Gasteiger charge is 2.20. The largest absolute Gasteiger partial charge is 0.339 e. The number of fused-ring (bicyclic) bond motifs is 1. The van der Waals surface area contributed by atoms with Gasteiger partial charge in [-0.1, -0.05) is 11.8 Å². The number of amides is 1. The lowest BCUT2D eigenvalue weighted by Crippen LogP contribution is -2.47. The Bertz CT molecular complexity index is 952. The Labute approximate surface area is 160 Å². The number of benzene rings is 1. The van der Waals surface area contributed by atoms with Crippen molar-refractivity contribution in [2.75, 3.05) is 39.0 Å². The molecule has 1 saturated heterocycles. The highest BCUT2D eigenvalue weighted by molar-refractivity contribution is 8.00. The molecular formula is C18H19FN6OS. The van der Waals surface area contributed by atoms with Gasteiger partial charge >= 0.3 is 0 Å². The number of aromatic nitrogens is 4. The van der Waals surface area contributed by atoms with Crippen molar-refractivity contribution in [1.29, 1.82) is 0 Å². The molecule has 1 aliphatic heterocycles. The Morgan fingerprint density at radius 1 is 1.15 bits per heavy atom. The maximum absolute atomic E-state index is 13.2. The summed E-state index contributed by atoms with van der Waals surface area (Å²) in [4.78, 5) is 25.2. The first-order valence-corrected chi connectivity index (χ1v) is 9.64. The molecule has 1 aromatic carbocycles. The van der Waals surface area contributed by atoms with Crippen molar-refractivity contribution in [2.45, 2.75) is 5.03 Å². The summed E-state index contributed by atoms with van der Waals surface area (Å²) >= 11 is 1.39. The summed E-state index contributed by atoms with van der Waals surface area (Å²) in [6, 6.07) is 6.06. The molecule has 0 saturated carbocycles. The fraction of sp³-hybridized carbons (Fsp3) is 0.333. The van der Waals surface area contributed by atoms with E-state index in [0.29, 0.717) is 11.4 Å². The van der Waals surface area contributed by atoms with Crippen molar-refractivity contribution in [1.82, 2.24) is 29.5 Å². The zero-order valence-corrected chi connectivity index (χ0v) is 15.7. The summed E-state index contributed by atoms with van der Waals surface area (Å²) < 4.78 is 14.8. The summed E-state index contributed by atoms with van der Waals surface area (Å²) in [5.41, 5.74) is 1.35. The van der Waals surface area contributed by atoms with Gasteiger partial charge in [-0.25, -0.2) is 19.0 Å². The number of carbonyl (C=O) groups excluding carboxylic acids is 1. The van der Waals surface area contributed by atoms with E-state index in [9.17, 15) is 9.18 Å². The summed E-state index contributed by atoms with van der Waals surface area (Å²) in [6.07, 6.45) is 3.15. The van der Waals surface area contributed by atoms with Crippen molar-refractivity contribution in [3.8, 4) is 5.69 Å². The second-order valence-corrected chi connectivity index (χ2v) is 7.39. The van der Waals surface area contributed by atoms with Gasteiger partial charge in [0.1, 0.15) is 17.2 Å². The van der Waals surface area contributed by atoms with Crippen LogP contribution in [0.15, 0.2) is 41.8 Å². The molecule has 1 aliphatic rings. The molecule has 1 amide bonds. The van der Waals surface area contributed by atoms with Gasteiger partial charge in [0, 0.05) is 26.2 Å². The first-order valence-electron chi connectivity index (χ1n) is 8.65. The quantitative estimate of drug-likeness (QED) is 0.503. The fourth-order valence-electron chi connectivity index (χ4n) is 2.99. The van der Waals surface area contributed by atoms with Crippen LogP contribution in [0.4, 0.5) is 4.39 Å². The van der Waals surface area contributed by atoms with E-state index < -0.39 is 0 Å². The Hall–Kier alpha value is -2.52. The summed E-state index contributed by atoms with van der Waals surface area (Å²) in [5, 5.41) is 5.85. The molecule has 4 rings (SSSR count). The maximum Gasteiger partial charge on any atom is 0.233 e. The van der Waals surface area contributed by atoms with Crippen molar-refractivity contribution < 1.29 is 9.18 Å². The first-order chi connectivity index (χ1) is 13.1. The van der Waals surface area contributed by atoms with Crippen LogP contribution in [0.1, 0.15) is 0 Å². The van der Waals surface area contributed by atoms with E-state index in [1.165, 1.54) is 30.2 Å². The predicted octanol–water partition coefficient (Wildman–Crippen LogP) is 1.82. The summed E-state index contributed by atoms with van der Waals surface area (Å²) in [7, 11) is 2.06. The lowest BCUT2D eigenvalue weighted by atomic mass is 10.3. The summed E-state index contributed by atoms with van der Waals surface area (Å²) in [5.74, 6) is 0.145. The third-order valence-corrected chi connectivity index (χ3v) is 5.58. The molecule has 0 N–H and O–H groups in total. The predicted molar refractivity (Wildman–Crippen MR) is 101 cm³/mol. The Morgan fingerprint density at radius 3 is 2.63 bits per heavy atom. The van der Waals surface area contributed by atoms with E-state index in [1.807, 2.05) is 4.90 Å². The van der Waals surface area contributed by atoms with Crippen LogP contribution in [0.5, 0.6) is 0 Å². The van der Waals surface area contributed by atoms with E-state index >= 15 is 0 Å². The smallest absolute Gasteiger partial charge is 0.233 e. The minimum absolute atomic E-state index is 0.116. The van der Waals surface area contributed by atoms with E-state index in [-0.39, 0.29) is 11.7 Å². The third kappa shape index (κ3) is 3.79. The number of halogens is 1. The van der Waals surface area contributed by atoms with Gasteiger partial charge < -0.3 is 9.80 Å². The van der Waals surface area contributed by atoms with E-state index in [4.69, 9.17) is 0 Å². The minimum atomic E-state index is -0.302. The SMILES string of the molecule is CN1CCN(C(=O)CSc2ncnc3c2cnn3-c2ccc(F)cc2)CC1. The number of carbonyl (C=O) groups is 1. The number of nitrogens with zero attached hydrogens (tertiary/aromatic N) is 6. The second kappa shape index (κ2) is 7.61. The lowest BCUT2D eigenvalue weighted by Gasteiger charge is -2.32. The first kappa shape index (κ1) is 17.9. The molecule has 3 aromatic rings. The molecule has 2 aromatic heterocycles. The van der Waals surface area contributed by atoms with Gasteiger partial charge in [-0.3, -0.25) is 4.79 Å². The van der Waals surface area contributed by atoms with Crippen LogP contribution in [0.25, 0.3) is 16.7 Å². The molecule has 0 bridgehead atoms. The third-order valence-electron chi connectivity index (χ3n) is 4.59. The zero-order valence-electron chi connectivity index (χ0n) is 14.9. The number of rotatable bonds is 4. The average molecular weight is 386 g/mol. The van der Waals surface area contributed by atoms with E-state index in [2.05, 4.69) is 27.0 Å². The molecule has 0 aliphatic carbocycles. The topological polar surface area (TPSA) is 67.2 Å². The van der Waals surface area contributed by atoms with Gasteiger partial charge in [0.2, 0.25) is 5.91 Å². The molecule has 1 fully saturated rings. The van der Waals surface area contributed by atoms with Crippen molar-refractivity contribution in [2.24, 2.45) is 0 Å². The monoisotopic (exact) mass is 386 g/mol. The van der Waals surface area contributed by atoms with Crippen LogP contribution in [-0.4, -0.2) is 74.4 Å². The number of hydrogen-bond donors (Lipinski definition) is 0. The van der Waals surface area contributed by atoms with Crippen LogP contribution in [0.3, 0.4) is 0 Å². The zero-order chi connectivity index (χ0) is 18.8. The van der Waals surface area contributed by atoms with Gasteiger partial charge in [-0.15, -0.1) is 0 Å². The standard InChI is InChI=1S/C18H19FN6OS/c1-23-6-8-24(9-7-23)16(26)11-27-18-15-10-22-25(17(15)20-12-21-18)14-4-2-13(19)3-5-14/h2-5,10,12H,6-9,11H2,1H3. The number of piperazine rings is 1. The van der Waals surface area contributed by atoms with Gasteiger partial charge in [-0.05, 0) is 31.3 Å². The molecule has 9 heteroatoms. The lowest BCUT2D eigenvalue weighted by molar-refractivity contribution is -0.129. The Balaban J connectivity index is 1.51. The van der Waals surface area contributed by atoms with Gasteiger partial charge in [-0.2, -0.15) is 5.10 Å². The van der Waals surface area contributed by atoms with Gasteiger partial charge in [0.05, 0.1) is 23.0 Å². The molecule has 0 spiro atoms. The molecule has 27 heavy (non-hydrogen) atoms. The number of hydrogen-bond acceptors (Lipinski definition) is 6. The van der Waals surface area contributed by atoms with Gasteiger partial charge in [0.15, 0.2) is 5.65 Å². The van der Waals surface area contributed by atoms with Crippen LogP contribution in [0.2, 0.25) is 0 Å². The minimum Gasteiger partial charge on any atom is -0.339 e. The van der Waals surface area contributed by atoms with Crippen molar-refractivity contribution >= 4 is 28.7 Å². The molecule has 0 unspecified atom stereocenters. The highest BCUT2D eigenvalue weighted by Crippen LogP contribution is 2.26. The molecule has 7 nitrogen and oxygen atoms in total. The highest BCUT2D eigenvalue weighted by atomic mass is 32.2. The van der Waals surface area contributed by atoms with Gasteiger partial charge in [0.25, 0.3) is 0 Å². The van der Waals surface area contributed by atoms with Crippen molar-refractivity contribution in [3.05, 3.63) is 42.6 Å². The maximum atomic E-state index is 13.2. The molecule has 0 atom stereocenters. The van der Waals surface area contributed by atoms with Crippen LogP contribution < -0.4 is 0 Å². The van der Waals surface area contributed by atoms with Crippen LogP contribution in [-0.2, 0) is 4.79 Å². The molecule has 140 valence electrons. The molecular weight excluding hydrogens is 367 g/mol. The number of likely N-dealkylation sites (N-methyl/N-ethyl adjacent to an activating group) is 1. The average Bonchev–Trinajstić information content (AvgIpc) is 3.12. The molecule has 3 heterocycles.